The quantitative estimate of drug-likeness (QED) is 0.667. The molecule has 1 aromatic carbocycles. The molecule has 2 heteroatoms. The molecule has 0 atom stereocenters. The van der Waals surface area contributed by atoms with Gasteiger partial charge in [0.1, 0.15) is 0 Å². The standard InChI is InChI=1S/C12H16F2/c1-7(2)9-5-11(13)12(14)6-10(9)8(3)4/h5-8H,1-4H3. The van der Waals surface area contributed by atoms with Crippen LogP contribution in [0.25, 0.3) is 0 Å². The molecule has 0 nitrogen and oxygen atoms in total. The molecule has 78 valence electrons. The van der Waals surface area contributed by atoms with Crippen molar-refractivity contribution >= 4 is 0 Å². The first-order valence-corrected chi connectivity index (χ1v) is 4.92. The van der Waals surface area contributed by atoms with Crippen molar-refractivity contribution in [1.82, 2.24) is 0 Å². The van der Waals surface area contributed by atoms with Crippen LogP contribution in [-0.4, -0.2) is 0 Å². The zero-order valence-corrected chi connectivity index (χ0v) is 9.07. The second kappa shape index (κ2) is 4.07. The fourth-order valence-corrected chi connectivity index (χ4v) is 1.58. The second-order valence-electron chi connectivity index (χ2n) is 4.20. The summed E-state index contributed by atoms with van der Waals surface area (Å²) in [6.07, 6.45) is 0. The van der Waals surface area contributed by atoms with E-state index in [0.717, 1.165) is 11.1 Å². The van der Waals surface area contributed by atoms with Gasteiger partial charge in [-0.15, -0.1) is 0 Å². The molecule has 0 aliphatic carbocycles. The predicted octanol–water partition coefficient (Wildman–Crippen LogP) is 4.21. The molecule has 0 N–H and O–H groups in total. The van der Waals surface area contributed by atoms with E-state index >= 15 is 0 Å². The summed E-state index contributed by atoms with van der Waals surface area (Å²) < 4.78 is 26.0. The van der Waals surface area contributed by atoms with Crippen molar-refractivity contribution in [2.75, 3.05) is 0 Å². The van der Waals surface area contributed by atoms with Crippen LogP contribution < -0.4 is 0 Å². The zero-order chi connectivity index (χ0) is 10.9. The molecule has 1 rings (SSSR count). The van der Waals surface area contributed by atoms with Gasteiger partial charge in [0.05, 0.1) is 0 Å². The Kier molecular flexibility index (Phi) is 3.25. The van der Waals surface area contributed by atoms with E-state index in [-0.39, 0.29) is 11.8 Å². The highest BCUT2D eigenvalue weighted by molar-refractivity contribution is 5.33. The predicted molar refractivity (Wildman–Crippen MR) is 54.5 cm³/mol. The third-order valence-corrected chi connectivity index (χ3v) is 2.37. The van der Waals surface area contributed by atoms with Crippen molar-refractivity contribution < 1.29 is 8.78 Å². The number of halogens is 2. The minimum atomic E-state index is -0.752. The molecule has 0 spiro atoms. The first kappa shape index (κ1) is 11.2. The van der Waals surface area contributed by atoms with E-state index in [9.17, 15) is 8.78 Å². The highest BCUT2D eigenvalue weighted by Crippen LogP contribution is 2.28. The van der Waals surface area contributed by atoms with Gasteiger partial charge in [-0.3, -0.25) is 0 Å². The van der Waals surface area contributed by atoms with Crippen LogP contribution in [0.2, 0.25) is 0 Å². The van der Waals surface area contributed by atoms with Gasteiger partial charge in [0.2, 0.25) is 0 Å². The Morgan fingerprint density at radius 3 is 1.29 bits per heavy atom. The smallest absolute Gasteiger partial charge is 0.159 e. The van der Waals surface area contributed by atoms with Gasteiger partial charge in [0.25, 0.3) is 0 Å². The molecule has 1 aromatic rings. The van der Waals surface area contributed by atoms with Crippen molar-refractivity contribution in [3.63, 3.8) is 0 Å². The molecule has 0 aliphatic rings. The molecule has 14 heavy (non-hydrogen) atoms. The Labute approximate surface area is 84.0 Å². The van der Waals surface area contributed by atoms with Crippen LogP contribution in [0.4, 0.5) is 8.78 Å². The summed E-state index contributed by atoms with van der Waals surface area (Å²) in [5.74, 6) is -1.05. The van der Waals surface area contributed by atoms with Crippen molar-refractivity contribution in [2.45, 2.75) is 39.5 Å². The van der Waals surface area contributed by atoms with Gasteiger partial charge in [-0.05, 0) is 35.1 Å². The molecule has 0 aromatic heterocycles. The van der Waals surface area contributed by atoms with Gasteiger partial charge in [0, 0.05) is 0 Å². The van der Waals surface area contributed by atoms with Gasteiger partial charge in [-0.2, -0.15) is 0 Å². The van der Waals surface area contributed by atoms with Gasteiger partial charge in [-0.1, -0.05) is 27.7 Å². The van der Waals surface area contributed by atoms with Gasteiger partial charge in [0.15, 0.2) is 11.6 Å². The van der Waals surface area contributed by atoms with E-state index in [4.69, 9.17) is 0 Å². The Bertz CT molecular complexity index is 294. The fraction of sp³-hybridized carbons (Fsp3) is 0.500. The van der Waals surface area contributed by atoms with Crippen LogP contribution in [-0.2, 0) is 0 Å². The summed E-state index contributed by atoms with van der Waals surface area (Å²) in [6, 6.07) is 2.63. The van der Waals surface area contributed by atoms with Crippen molar-refractivity contribution in [2.24, 2.45) is 0 Å². The van der Waals surface area contributed by atoms with E-state index in [2.05, 4.69) is 0 Å². The molecule has 0 bridgehead atoms. The molecule has 0 heterocycles. The van der Waals surface area contributed by atoms with Gasteiger partial charge >= 0.3 is 0 Å². The van der Waals surface area contributed by atoms with Crippen molar-refractivity contribution in [3.8, 4) is 0 Å². The highest BCUT2D eigenvalue weighted by Gasteiger charge is 2.14. The maximum absolute atomic E-state index is 13.0. The SMILES string of the molecule is CC(C)c1cc(F)c(F)cc1C(C)C. The molecular formula is C12H16F2. The van der Waals surface area contributed by atoms with E-state index in [0.29, 0.717) is 0 Å². The average molecular weight is 198 g/mol. The molecule has 0 saturated carbocycles. The lowest BCUT2D eigenvalue weighted by Gasteiger charge is -2.16. The van der Waals surface area contributed by atoms with Crippen LogP contribution in [0.1, 0.15) is 50.7 Å². The topological polar surface area (TPSA) is 0 Å². The number of hydrogen-bond donors (Lipinski definition) is 0. The molecule has 0 saturated heterocycles. The third-order valence-electron chi connectivity index (χ3n) is 2.37. The summed E-state index contributed by atoms with van der Waals surface area (Å²) in [5.41, 5.74) is 1.80. The Morgan fingerprint density at radius 1 is 0.786 bits per heavy atom. The fourth-order valence-electron chi connectivity index (χ4n) is 1.58. The summed E-state index contributed by atoms with van der Waals surface area (Å²) in [5, 5.41) is 0. The lowest BCUT2D eigenvalue weighted by molar-refractivity contribution is 0.503. The number of benzene rings is 1. The summed E-state index contributed by atoms with van der Waals surface area (Å²) in [6.45, 7) is 7.94. The Hall–Kier alpha value is -0.920. The van der Waals surface area contributed by atoms with Crippen molar-refractivity contribution in [3.05, 3.63) is 34.9 Å². The lowest BCUT2D eigenvalue weighted by atomic mass is 9.90. The second-order valence-corrected chi connectivity index (χ2v) is 4.20. The normalized spacial score (nSPS) is 11.4. The largest absolute Gasteiger partial charge is 0.204 e. The molecule has 0 aliphatic heterocycles. The molecule has 0 fully saturated rings. The Balaban J connectivity index is 3.31. The molecular weight excluding hydrogens is 182 g/mol. The highest BCUT2D eigenvalue weighted by atomic mass is 19.2. The maximum atomic E-state index is 13.0. The van der Waals surface area contributed by atoms with E-state index in [1.807, 2.05) is 27.7 Å². The molecule has 0 radical (unpaired) electrons. The molecule has 0 unspecified atom stereocenters. The summed E-state index contributed by atoms with van der Waals surface area (Å²) in [4.78, 5) is 0. The van der Waals surface area contributed by atoms with Gasteiger partial charge in [-0.25, -0.2) is 8.78 Å². The number of rotatable bonds is 2. The summed E-state index contributed by atoms with van der Waals surface area (Å²) in [7, 11) is 0. The van der Waals surface area contributed by atoms with Crippen molar-refractivity contribution in [1.29, 1.82) is 0 Å². The third kappa shape index (κ3) is 2.11. The lowest BCUT2D eigenvalue weighted by Crippen LogP contribution is -2.01. The zero-order valence-electron chi connectivity index (χ0n) is 9.07. The van der Waals surface area contributed by atoms with Crippen LogP contribution in [0.3, 0.4) is 0 Å². The first-order valence-electron chi connectivity index (χ1n) is 4.92. The summed E-state index contributed by atoms with van der Waals surface area (Å²) >= 11 is 0. The minimum Gasteiger partial charge on any atom is -0.204 e. The van der Waals surface area contributed by atoms with E-state index < -0.39 is 11.6 Å². The van der Waals surface area contributed by atoms with Crippen LogP contribution in [0, 0.1) is 11.6 Å². The van der Waals surface area contributed by atoms with Crippen LogP contribution in [0.15, 0.2) is 12.1 Å². The first-order chi connectivity index (χ1) is 6.43. The molecule has 0 amide bonds. The van der Waals surface area contributed by atoms with E-state index in [1.165, 1.54) is 12.1 Å². The van der Waals surface area contributed by atoms with Gasteiger partial charge < -0.3 is 0 Å². The minimum absolute atomic E-state index is 0.225. The van der Waals surface area contributed by atoms with E-state index in [1.54, 1.807) is 0 Å². The van der Waals surface area contributed by atoms with Crippen LogP contribution >= 0.6 is 0 Å². The van der Waals surface area contributed by atoms with Crippen LogP contribution in [0.5, 0.6) is 0 Å². The maximum Gasteiger partial charge on any atom is 0.159 e. The Morgan fingerprint density at radius 2 is 1.07 bits per heavy atom. The average Bonchev–Trinajstić information content (AvgIpc) is 2.08. The monoisotopic (exact) mass is 198 g/mol. The number of hydrogen-bond acceptors (Lipinski definition) is 0.